The number of carboxylic acid groups (broad SMARTS) is 1. The molecule has 0 radical (unpaired) electrons. The molecule has 0 heterocycles. The third-order valence-corrected chi connectivity index (χ3v) is 4.89. The number of carboxylic acids is 1. The van der Waals surface area contributed by atoms with Crippen LogP contribution in [0, 0.1) is 23.2 Å². The Morgan fingerprint density at radius 2 is 1.56 bits per heavy atom. The van der Waals surface area contributed by atoms with E-state index in [0.29, 0.717) is 5.56 Å². The highest BCUT2D eigenvalue weighted by Crippen LogP contribution is 2.30. The lowest BCUT2D eigenvalue weighted by Gasteiger charge is -2.24. The quantitative estimate of drug-likeness (QED) is 0.804. The summed E-state index contributed by atoms with van der Waals surface area (Å²) in [6.07, 6.45) is 5.24. The van der Waals surface area contributed by atoms with Crippen molar-refractivity contribution in [1.29, 1.82) is 5.26 Å². The third-order valence-electron chi connectivity index (χ3n) is 4.89. The highest BCUT2D eigenvalue weighted by molar-refractivity contribution is 5.70. The second-order valence-electron chi connectivity index (χ2n) is 6.52. The first-order chi connectivity index (χ1) is 12.1. The van der Waals surface area contributed by atoms with Gasteiger partial charge in [0.15, 0.2) is 0 Å². The molecule has 1 N–H and O–H groups in total. The van der Waals surface area contributed by atoms with Gasteiger partial charge in [0.05, 0.1) is 17.6 Å². The second-order valence-corrected chi connectivity index (χ2v) is 6.52. The Bertz CT molecular complexity index is 693. The molecule has 130 valence electrons. The fourth-order valence-corrected chi connectivity index (χ4v) is 3.19. The van der Waals surface area contributed by atoms with Gasteiger partial charge in [-0.15, -0.1) is 0 Å². The molecule has 25 heavy (non-hydrogen) atoms. The van der Waals surface area contributed by atoms with E-state index in [1.807, 2.05) is 42.5 Å². The topological polar surface area (TPSA) is 61.1 Å². The van der Waals surface area contributed by atoms with Crippen molar-refractivity contribution in [3.63, 3.8) is 0 Å². The normalized spacial score (nSPS) is 19.2. The van der Waals surface area contributed by atoms with Crippen molar-refractivity contribution >= 4 is 5.97 Å². The maximum atomic E-state index is 10.5. The van der Waals surface area contributed by atoms with Gasteiger partial charge in [0.25, 0.3) is 0 Å². The van der Waals surface area contributed by atoms with Gasteiger partial charge in [-0.25, -0.2) is 0 Å². The highest BCUT2D eigenvalue weighted by atomic mass is 16.4. The lowest BCUT2D eigenvalue weighted by molar-refractivity contribution is -0.143. The van der Waals surface area contributed by atoms with Crippen molar-refractivity contribution in [3.8, 4) is 17.2 Å². The van der Waals surface area contributed by atoms with Crippen molar-refractivity contribution in [3.05, 3.63) is 60.2 Å². The Morgan fingerprint density at radius 1 is 1.00 bits per heavy atom. The molecule has 3 nitrogen and oxygen atoms in total. The van der Waals surface area contributed by atoms with Crippen molar-refractivity contribution in [2.24, 2.45) is 11.8 Å². The predicted octanol–water partition coefficient (Wildman–Crippen LogP) is 5.51. The van der Waals surface area contributed by atoms with Gasteiger partial charge in [-0.1, -0.05) is 55.8 Å². The number of aliphatic carboxylic acids is 1. The van der Waals surface area contributed by atoms with Gasteiger partial charge >= 0.3 is 5.97 Å². The number of hydrogen-bond acceptors (Lipinski definition) is 2. The van der Waals surface area contributed by atoms with E-state index in [1.165, 1.54) is 12.0 Å². The maximum Gasteiger partial charge on any atom is 0.306 e. The maximum absolute atomic E-state index is 10.5. The molecule has 2 aromatic rings. The molecule has 3 heteroatoms. The average molecular weight is 335 g/mol. The van der Waals surface area contributed by atoms with E-state index in [2.05, 4.69) is 25.1 Å². The molecule has 1 aliphatic rings. The van der Waals surface area contributed by atoms with Crippen molar-refractivity contribution in [2.45, 2.75) is 39.0 Å². The lowest BCUT2D eigenvalue weighted by atomic mass is 9.81. The van der Waals surface area contributed by atoms with Crippen LogP contribution < -0.4 is 0 Å². The summed E-state index contributed by atoms with van der Waals surface area (Å²) in [4.78, 5) is 10.5. The van der Waals surface area contributed by atoms with E-state index < -0.39 is 5.97 Å². The summed E-state index contributed by atoms with van der Waals surface area (Å²) in [5.74, 6) is 0.156. The fraction of sp³-hybridized carbons (Fsp3) is 0.364. The van der Waals surface area contributed by atoms with E-state index in [-0.39, 0.29) is 5.92 Å². The Morgan fingerprint density at radius 3 is 2.04 bits per heavy atom. The van der Waals surface area contributed by atoms with Crippen molar-refractivity contribution in [2.75, 3.05) is 0 Å². The molecule has 0 bridgehead atoms. The number of benzene rings is 2. The minimum absolute atomic E-state index is 0.0437. The van der Waals surface area contributed by atoms with Gasteiger partial charge in [-0.2, -0.15) is 5.26 Å². The Kier molecular flexibility index (Phi) is 7.22. The molecule has 0 aliphatic heterocycles. The number of rotatable bonds is 3. The first-order valence-corrected chi connectivity index (χ1v) is 8.92. The molecule has 0 spiro atoms. The molecule has 2 aromatic carbocycles. The molecule has 0 aromatic heterocycles. The largest absolute Gasteiger partial charge is 0.481 e. The summed E-state index contributed by atoms with van der Waals surface area (Å²) in [7, 11) is 0. The summed E-state index contributed by atoms with van der Waals surface area (Å²) >= 11 is 0. The summed E-state index contributed by atoms with van der Waals surface area (Å²) < 4.78 is 0. The molecule has 0 atom stereocenters. The number of hydrogen-bond donors (Lipinski definition) is 1. The smallest absolute Gasteiger partial charge is 0.306 e. The van der Waals surface area contributed by atoms with Crippen LogP contribution in [0.1, 0.15) is 44.6 Å². The first kappa shape index (κ1) is 18.7. The number of nitriles is 1. The summed E-state index contributed by atoms with van der Waals surface area (Å²) in [5.41, 5.74) is 3.02. The zero-order valence-corrected chi connectivity index (χ0v) is 14.7. The van der Waals surface area contributed by atoms with Crippen LogP contribution in [0.25, 0.3) is 11.1 Å². The predicted molar refractivity (Wildman–Crippen MR) is 100.0 cm³/mol. The first-order valence-electron chi connectivity index (χ1n) is 8.92. The van der Waals surface area contributed by atoms with Gasteiger partial charge < -0.3 is 5.11 Å². The van der Waals surface area contributed by atoms with Gasteiger partial charge in [0.2, 0.25) is 0 Å². The number of carbonyl (C=O) groups is 1. The van der Waals surface area contributed by atoms with Crippen molar-refractivity contribution in [1.82, 2.24) is 0 Å². The van der Waals surface area contributed by atoms with E-state index in [0.717, 1.165) is 37.2 Å². The van der Waals surface area contributed by atoms with Gasteiger partial charge in [0, 0.05) is 0 Å². The van der Waals surface area contributed by atoms with Crippen LogP contribution in [0.2, 0.25) is 0 Å². The Hall–Kier alpha value is -2.60. The Labute approximate surface area is 149 Å². The van der Waals surface area contributed by atoms with Crippen LogP contribution in [0.3, 0.4) is 0 Å². The molecule has 1 saturated carbocycles. The molecule has 0 amide bonds. The van der Waals surface area contributed by atoms with E-state index in [9.17, 15) is 4.79 Å². The summed E-state index contributed by atoms with van der Waals surface area (Å²) in [6.45, 7) is 2.19. The molecular formula is C22H25NO2. The van der Waals surface area contributed by atoms with Crippen LogP contribution >= 0.6 is 0 Å². The molecule has 3 rings (SSSR count). The van der Waals surface area contributed by atoms with Crippen molar-refractivity contribution < 1.29 is 9.90 Å². The highest BCUT2D eigenvalue weighted by Gasteiger charge is 2.24. The molecule has 1 aliphatic carbocycles. The van der Waals surface area contributed by atoms with E-state index >= 15 is 0 Å². The van der Waals surface area contributed by atoms with Gasteiger partial charge in [-0.05, 0) is 54.9 Å². The van der Waals surface area contributed by atoms with E-state index in [4.69, 9.17) is 10.4 Å². The summed E-state index contributed by atoms with van der Waals surface area (Å²) in [5, 5.41) is 17.3. The minimum Gasteiger partial charge on any atom is -0.481 e. The third kappa shape index (κ3) is 5.76. The van der Waals surface area contributed by atoms with Crippen LogP contribution in [0.5, 0.6) is 0 Å². The second kappa shape index (κ2) is 9.64. The molecule has 0 unspecified atom stereocenters. The van der Waals surface area contributed by atoms with Gasteiger partial charge in [-0.3, -0.25) is 4.79 Å². The lowest BCUT2D eigenvalue weighted by Crippen LogP contribution is -2.20. The van der Waals surface area contributed by atoms with E-state index in [1.54, 1.807) is 0 Å². The standard InChI is InChI=1S/C13H9N.C9H16O2/c14-10-11-6-8-13(9-7-11)12-4-2-1-3-5-12;1-2-7-3-5-8(6-4-7)9(10)11/h1-9H;7-8H,2-6H2,1H3,(H,10,11). The Balaban J connectivity index is 0.000000186. The molecular weight excluding hydrogens is 310 g/mol. The summed E-state index contributed by atoms with van der Waals surface area (Å²) in [6, 6.07) is 19.8. The minimum atomic E-state index is -0.598. The van der Waals surface area contributed by atoms with Crippen LogP contribution in [0.15, 0.2) is 54.6 Å². The van der Waals surface area contributed by atoms with Crippen LogP contribution in [0.4, 0.5) is 0 Å². The molecule has 1 fully saturated rings. The fourth-order valence-electron chi connectivity index (χ4n) is 3.19. The zero-order chi connectivity index (χ0) is 18.1. The monoisotopic (exact) mass is 335 g/mol. The molecule has 0 saturated heterocycles. The van der Waals surface area contributed by atoms with Crippen LogP contribution in [-0.4, -0.2) is 11.1 Å². The van der Waals surface area contributed by atoms with Crippen LogP contribution in [-0.2, 0) is 4.79 Å². The SMILES string of the molecule is CCC1CCC(C(=O)O)CC1.N#Cc1ccc(-c2ccccc2)cc1. The van der Waals surface area contributed by atoms with Gasteiger partial charge in [0.1, 0.15) is 0 Å². The number of nitrogens with zero attached hydrogens (tertiary/aromatic N) is 1. The average Bonchev–Trinajstić information content (AvgIpc) is 2.69. The zero-order valence-electron chi connectivity index (χ0n) is 14.7.